The second-order valence-electron chi connectivity index (χ2n) is 6.04. The number of aryl methyl sites for hydroxylation is 1. The molecule has 0 saturated carbocycles. The van der Waals surface area contributed by atoms with Crippen molar-refractivity contribution in [1.82, 2.24) is 10.3 Å². The van der Waals surface area contributed by atoms with Gasteiger partial charge in [-0.05, 0) is 19.1 Å². The maximum Gasteiger partial charge on any atom is 0.240 e. The van der Waals surface area contributed by atoms with Crippen LogP contribution in [-0.2, 0) is 19.1 Å². The smallest absolute Gasteiger partial charge is 0.240 e. The zero-order chi connectivity index (χ0) is 20.4. The minimum atomic E-state index is -0.306. The quantitative estimate of drug-likeness (QED) is 0.590. The summed E-state index contributed by atoms with van der Waals surface area (Å²) >= 11 is 1.31. The number of rotatable bonds is 10. The lowest BCUT2D eigenvalue weighted by Gasteiger charge is -2.22. The molecule has 9 heteroatoms. The summed E-state index contributed by atoms with van der Waals surface area (Å²) < 4.78 is 4.91. The fourth-order valence-corrected chi connectivity index (χ4v) is 2.91. The Bertz CT molecular complexity index is 778. The molecule has 0 saturated heterocycles. The molecule has 1 heterocycles. The number of aromatic nitrogens is 1. The lowest BCUT2D eigenvalue weighted by atomic mass is 10.2. The molecule has 0 aliphatic rings. The molecular formula is C19H24N4O4S. The zero-order valence-electron chi connectivity index (χ0n) is 15.9. The second-order valence-corrected chi connectivity index (χ2v) is 6.94. The van der Waals surface area contributed by atoms with Gasteiger partial charge in [-0.2, -0.15) is 0 Å². The van der Waals surface area contributed by atoms with Gasteiger partial charge < -0.3 is 20.3 Å². The highest BCUT2D eigenvalue weighted by Crippen LogP contribution is 2.17. The molecule has 0 spiro atoms. The van der Waals surface area contributed by atoms with Crippen molar-refractivity contribution in [2.24, 2.45) is 0 Å². The van der Waals surface area contributed by atoms with Crippen LogP contribution in [0.25, 0.3) is 0 Å². The van der Waals surface area contributed by atoms with Crippen LogP contribution >= 0.6 is 11.3 Å². The summed E-state index contributed by atoms with van der Waals surface area (Å²) in [7, 11) is 1.55. The van der Waals surface area contributed by atoms with Crippen LogP contribution in [0.2, 0.25) is 0 Å². The molecule has 2 aromatic rings. The molecule has 0 aliphatic heterocycles. The first-order valence-electron chi connectivity index (χ1n) is 8.81. The summed E-state index contributed by atoms with van der Waals surface area (Å²) in [6.07, 6.45) is 1.58. The summed E-state index contributed by atoms with van der Waals surface area (Å²) in [5, 5.41) is 7.59. The number of carbonyl (C=O) groups excluding carboxylic acids is 3. The SMILES string of the molecule is COCCNC(=O)CN(C(=O)CCC(=O)Nc1nccs1)c1ccc(C)cc1. The molecule has 3 amide bonds. The average molecular weight is 404 g/mol. The van der Waals surface area contributed by atoms with E-state index in [2.05, 4.69) is 15.6 Å². The van der Waals surface area contributed by atoms with Crippen LogP contribution in [0.15, 0.2) is 35.8 Å². The van der Waals surface area contributed by atoms with E-state index in [1.807, 2.05) is 19.1 Å². The van der Waals surface area contributed by atoms with Gasteiger partial charge in [0.25, 0.3) is 0 Å². The van der Waals surface area contributed by atoms with Gasteiger partial charge in [-0.1, -0.05) is 17.7 Å². The first-order chi connectivity index (χ1) is 13.5. The number of carbonyl (C=O) groups is 3. The van der Waals surface area contributed by atoms with Crippen LogP contribution in [0.1, 0.15) is 18.4 Å². The molecule has 150 valence electrons. The van der Waals surface area contributed by atoms with Crippen molar-refractivity contribution in [1.29, 1.82) is 0 Å². The number of thiazole rings is 1. The topological polar surface area (TPSA) is 101 Å². The van der Waals surface area contributed by atoms with Gasteiger partial charge in [0, 0.05) is 43.8 Å². The Hall–Kier alpha value is -2.78. The van der Waals surface area contributed by atoms with Gasteiger partial charge in [-0.15, -0.1) is 11.3 Å². The first-order valence-corrected chi connectivity index (χ1v) is 9.69. The third kappa shape index (κ3) is 7.09. The van der Waals surface area contributed by atoms with Crippen molar-refractivity contribution < 1.29 is 19.1 Å². The molecule has 0 fully saturated rings. The highest BCUT2D eigenvalue weighted by molar-refractivity contribution is 7.13. The highest BCUT2D eigenvalue weighted by atomic mass is 32.1. The van der Waals surface area contributed by atoms with Crippen molar-refractivity contribution in [2.45, 2.75) is 19.8 Å². The number of hydrogen-bond donors (Lipinski definition) is 2. The third-order valence-corrected chi connectivity index (χ3v) is 4.51. The Kier molecular flexibility index (Phi) is 8.57. The lowest BCUT2D eigenvalue weighted by molar-refractivity contribution is -0.125. The monoisotopic (exact) mass is 404 g/mol. The molecule has 8 nitrogen and oxygen atoms in total. The molecule has 1 aromatic carbocycles. The molecular weight excluding hydrogens is 380 g/mol. The first kappa shape index (κ1) is 21.5. The number of methoxy groups -OCH3 is 1. The Morgan fingerprint density at radius 2 is 1.89 bits per heavy atom. The minimum Gasteiger partial charge on any atom is -0.383 e. The van der Waals surface area contributed by atoms with Crippen molar-refractivity contribution in [3.8, 4) is 0 Å². The van der Waals surface area contributed by atoms with Gasteiger partial charge in [0.15, 0.2) is 5.13 Å². The van der Waals surface area contributed by atoms with Crippen molar-refractivity contribution in [2.75, 3.05) is 37.0 Å². The van der Waals surface area contributed by atoms with Crippen LogP contribution in [0.5, 0.6) is 0 Å². The van der Waals surface area contributed by atoms with E-state index >= 15 is 0 Å². The number of anilines is 2. The Morgan fingerprint density at radius 3 is 2.54 bits per heavy atom. The van der Waals surface area contributed by atoms with Crippen LogP contribution in [0.3, 0.4) is 0 Å². The number of benzene rings is 1. The Balaban J connectivity index is 1.98. The van der Waals surface area contributed by atoms with E-state index in [0.29, 0.717) is 24.0 Å². The molecule has 0 unspecified atom stereocenters. The van der Waals surface area contributed by atoms with Gasteiger partial charge >= 0.3 is 0 Å². The maximum absolute atomic E-state index is 12.7. The zero-order valence-corrected chi connectivity index (χ0v) is 16.8. The normalized spacial score (nSPS) is 10.4. The van der Waals surface area contributed by atoms with Crippen molar-refractivity contribution in [3.05, 3.63) is 41.4 Å². The second kappa shape index (κ2) is 11.2. The fourth-order valence-electron chi connectivity index (χ4n) is 2.36. The number of nitrogens with zero attached hydrogens (tertiary/aromatic N) is 2. The largest absolute Gasteiger partial charge is 0.383 e. The van der Waals surface area contributed by atoms with E-state index in [9.17, 15) is 14.4 Å². The van der Waals surface area contributed by atoms with Crippen molar-refractivity contribution >= 4 is 39.9 Å². The standard InChI is InChI=1S/C19H24N4O4S/c1-14-3-5-15(6-4-14)23(13-17(25)20-9-11-27-2)18(26)8-7-16(24)22-19-21-10-12-28-19/h3-6,10,12H,7-9,11,13H2,1-2H3,(H,20,25)(H,21,22,24). The van der Waals surface area contributed by atoms with Gasteiger partial charge in [0.2, 0.25) is 17.7 Å². The maximum atomic E-state index is 12.7. The minimum absolute atomic E-state index is 0.00602. The lowest BCUT2D eigenvalue weighted by Crippen LogP contribution is -2.42. The molecule has 0 aliphatic carbocycles. The van der Waals surface area contributed by atoms with Gasteiger partial charge in [0.05, 0.1) is 6.61 Å². The molecule has 1 aromatic heterocycles. The Labute approximate surface area is 167 Å². The Morgan fingerprint density at radius 1 is 1.14 bits per heavy atom. The predicted molar refractivity (Wildman–Crippen MR) is 108 cm³/mol. The van der Waals surface area contributed by atoms with Crippen LogP contribution in [0, 0.1) is 6.92 Å². The van der Waals surface area contributed by atoms with E-state index in [1.54, 1.807) is 30.8 Å². The summed E-state index contributed by atoms with van der Waals surface area (Å²) in [4.78, 5) is 42.3. The molecule has 0 atom stereocenters. The van der Waals surface area contributed by atoms with Crippen LogP contribution in [-0.4, -0.2) is 49.5 Å². The van der Waals surface area contributed by atoms with Gasteiger partial charge in [-0.25, -0.2) is 4.98 Å². The van der Waals surface area contributed by atoms with E-state index in [-0.39, 0.29) is 37.1 Å². The summed E-state index contributed by atoms with van der Waals surface area (Å²) in [6.45, 7) is 2.57. The predicted octanol–water partition coefficient (Wildman–Crippen LogP) is 1.97. The number of nitrogens with one attached hydrogen (secondary N) is 2. The van der Waals surface area contributed by atoms with Gasteiger partial charge in [0.1, 0.15) is 6.54 Å². The van der Waals surface area contributed by atoms with Crippen LogP contribution < -0.4 is 15.5 Å². The average Bonchev–Trinajstić information content (AvgIpc) is 3.18. The number of amides is 3. The number of hydrogen-bond acceptors (Lipinski definition) is 6. The molecule has 0 bridgehead atoms. The number of ether oxygens (including phenoxy) is 1. The third-order valence-electron chi connectivity index (χ3n) is 3.82. The molecule has 2 N–H and O–H groups in total. The molecule has 28 heavy (non-hydrogen) atoms. The molecule has 2 rings (SSSR count). The highest BCUT2D eigenvalue weighted by Gasteiger charge is 2.20. The summed E-state index contributed by atoms with van der Waals surface area (Å²) in [5.74, 6) is -0.894. The van der Waals surface area contributed by atoms with E-state index in [1.165, 1.54) is 16.2 Å². The van der Waals surface area contributed by atoms with E-state index in [4.69, 9.17) is 4.74 Å². The molecule has 0 radical (unpaired) electrons. The fraction of sp³-hybridized carbons (Fsp3) is 0.368. The van der Waals surface area contributed by atoms with Crippen molar-refractivity contribution in [3.63, 3.8) is 0 Å². The summed E-state index contributed by atoms with van der Waals surface area (Å²) in [6, 6.07) is 7.30. The van der Waals surface area contributed by atoms with Crippen LogP contribution in [0.4, 0.5) is 10.8 Å². The van der Waals surface area contributed by atoms with E-state index < -0.39 is 0 Å². The van der Waals surface area contributed by atoms with E-state index in [0.717, 1.165) is 5.56 Å². The van der Waals surface area contributed by atoms with Gasteiger partial charge in [-0.3, -0.25) is 14.4 Å². The summed E-state index contributed by atoms with van der Waals surface area (Å²) in [5.41, 5.74) is 1.65.